The molecule has 3 aromatic rings. The number of esters is 1. The number of aromatic nitrogens is 2. The van der Waals surface area contributed by atoms with E-state index in [9.17, 15) is 19.4 Å². The molecule has 0 bridgehead atoms. The Bertz CT molecular complexity index is 1400. The lowest BCUT2D eigenvalue weighted by Crippen LogP contribution is -2.44. The second kappa shape index (κ2) is 8.49. The molecule has 0 aliphatic heterocycles. The molecule has 7 heteroatoms. The van der Waals surface area contributed by atoms with Crippen LogP contribution in [0.3, 0.4) is 0 Å². The Labute approximate surface area is 202 Å². The zero-order valence-corrected chi connectivity index (χ0v) is 19.5. The van der Waals surface area contributed by atoms with Gasteiger partial charge in [-0.05, 0) is 61.2 Å². The number of fused-ring (bicyclic) bond motifs is 2. The van der Waals surface area contributed by atoms with E-state index in [2.05, 4.69) is 27.8 Å². The number of ether oxygens (including phenoxy) is 1. The standard InChI is InChI=1S/C28H25FN2O4/c1-27-16-19-17-30-31(22-9-7-21(29)8-10-22)24(19)15-20(27)12-14-28(27,34)13-11-18-5-3-4-6-23(18)25(32)26(33)35-2/h3-10,15,17,25,32,34H,12,14,16H2,1-2H3/t25?,27?,28-/m0/s1. The molecule has 1 aromatic heterocycles. The summed E-state index contributed by atoms with van der Waals surface area (Å²) in [5.41, 5.74) is 2.60. The number of aliphatic hydroxyl groups is 2. The lowest BCUT2D eigenvalue weighted by Gasteiger charge is -2.39. The van der Waals surface area contributed by atoms with Crippen LogP contribution in [0.2, 0.25) is 0 Å². The summed E-state index contributed by atoms with van der Waals surface area (Å²) >= 11 is 0. The third kappa shape index (κ3) is 3.75. The van der Waals surface area contributed by atoms with Crippen molar-refractivity contribution < 1.29 is 24.1 Å². The van der Waals surface area contributed by atoms with E-state index < -0.39 is 23.1 Å². The van der Waals surface area contributed by atoms with Gasteiger partial charge in [-0.3, -0.25) is 0 Å². The molecule has 35 heavy (non-hydrogen) atoms. The van der Waals surface area contributed by atoms with Crippen LogP contribution in [0.25, 0.3) is 11.8 Å². The van der Waals surface area contributed by atoms with Gasteiger partial charge in [-0.2, -0.15) is 5.10 Å². The van der Waals surface area contributed by atoms with Gasteiger partial charge in [0.15, 0.2) is 6.10 Å². The van der Waals surface area contributed by atoms with Crippen LogP contribution in [0.5, 0.6) is 0 Å². The maximum absolute atomic E-state index is 13.4. The van der Waals surface area contributed by atoms with E-state index in [0.29, 0.717) is 30.4 Å². The van der Waals surface area contributed by atoms with Crippen LogP contribution in [0.15, 0.2) is 60.3 Å². The highest BCUT2D eigenvalue weighted by molar-refractivity contribution is 5.77. The highest BCUT2D eigenvalue weighted by Gasteiger charge is 2.54. The highest BCUT2D eigenvalue weighted by atomic mass is 19.1. The van der Waals surface area contributed by atoms with Gasteiger partial charge in [0, 0.05) is 16.5 Å². The Balaban J connectivity index is 1.49. The van der Waals surface area contributed by atoms with Crippen LogP contribution in [0, 0.1) is 23.1 Å². The number of hydrogen-bond acceptors (Lipinski definition) is 5. The minimum atomic E-state index is -1.45. The van der Waals surface area contributed by atoms with Crippen molar-refractivity contribution >= 4 is 12.0 Å². The first-order valence-electron chi connectivity index (χ1n) is 11.4. The first-order valence-corrected chi connectivity index (χ1v) is 11.4. The van der Waals surface area contributed by atoms with Gasteiger partial charge in [-0.1, -0.05) is 42.5 Å². The molecule has 3 atom stereocenters. The third-order valence-corrected chi connectivity index (χ3v) is 7.27. The summed E-state index contributed by atoms with van der Waals surface area (Å²) < 4.78 is 19.8. The number of methoxy groups -OCH3 is 1. The first-order chi connectivity index (χ1) is 16.8. The Morgan fingerprint density at radius 2 is 1.97 bits per heavy atom. The molecule has 2 unspecified atom stereocenters. The predicted molar refractivity (Wildman–Crippen MR) is 128 cm³/mol. The van der Waals surface area contributed by atoms with E-state index in [1.807, 2.05) is 6.92 Å². The Morgan fingerprint density at radius 1 is 1.23 bits per heavy atom. The van der Waals surface area contributed by atoms with Gasteiger partial charge in [-0.15, -0.1) is 0 Å². The van der Waals surface area contributed by atoms with Gasteiger partial charge in [0.2, 0.25) is 0 Å². The van der Waals surface area contributed by atoms with Crippen molar-refractivity contribution in [1.82, 2.24) is 9.78 Å². The number of halogens is 1. The summed E-state index contributed by atoms with van der Waals surface area (Å²) in [6, 6.07) is 13.0. The average Bonchev–Trinajstić information content (AvgIpc) is 3.38. The summed E-state index contributed by atoms with van der Waals surface area (Å²) in [6.45, 7) is 2.01. The normalized spacial score (nSPS) is 23.4. The quantitative estimate of drug-likeness (QED) is 0.448. The Morgan fingerprint density at radius 3 is 2.71 bits per heavy atom. The summed E-state index contributed by atoms with van der Waals surface area (Å²) in [4.78, 5) is 11.9. The summed E-state index contributed by atoms with van der Waals surface area (Å²) in [5.74, 6) is 5.02. The molecule has 0 amide bonds. The predicted octanol–water partition coefficient (Wildman–Crippen LogP) is 3.74. The number of hydrogen-bond donors (Lipinski definition) is 2. The number of nitrogens with zero attached hydrogens (tertiary/aromatic N) is 2. The molecule has 1 saturated carbocycles. The van der Waals surface area contributed by atoms with Crippen LogP contribution in [0.4, 0.5) is 4.39 Å². The van der Waals surface area contributed by atoms with Gasteiger partial charge in [0.25, 0.3) is 0 Å². The van der Waals surface area contributed by atoms with Crippen LogP contribution in [-0.4, -0.2) is 38.7 Å². The average molecular weight is 473 g/mol. The van der Waals surface area contributed by atoms with Crippen LogP contribution >= 0.6 is 0 Å². The zero-order valence-electron chi connectivity index (χ0n) is 19.5. The van der Waals surface area contributed by atoms with Gasteiger partial charge in [0.1, 0.15) is 11.4 Å². The van der Waals surface area contributed by atoms with Crippen molar-refractivity contribution in [2.75, 3.05) is 7.11 Å². The van der Waals surface area contributed by atoms with Gasteiger partial charge < -0.3 is 14.9 Å². The molecule has 2 aliphatic rings. The van der Waals surface area contributed by atoms with E-state index in [4.69, 9.17) is 0 Å². The summed E-state index contributed by atoms with van der Waals surface area (Å²) in [7, 11) is 1.21. The van der Waals surface area contributed by atoms with E-state index >= 15 is 0 Å². The van der Waals surface area contributed by atoms with Gasteiger partial charge in [0.05, 0.1) is 24.7 Å². The number of benzene rings is 2. The number of carbonyl (C=O) groups is 1. The van der Waals surface area contributed by atoms with Crippen molar-refractivity contribution in [1.29, 1.82) is 0 Å². The minimum Gasteiger partial charge on any atom is -0.467 e. The van der Waals surface area contributed by atoms with E-state index in [-0.39, 0.29) is 5.82 Å². The molecule has 0 saturated heterocycles. The van der Waals surface area contributed by atoms with E-state index in [1.165, 1.54) is 19.2 Å². The second-order valence-electron chi connectivity index (χ2n) is 9.24. The SMILES string of the molecule is COC(=O)C(O)c1ccccc1C#C[C@]1(O)CCC2=Cc3c(cnn3-c3ccc(F)cc3)CC21C. The summed E-state index contributed by atoms with van der Waals surface area (Å²) in [5, 5.41) is 26.6. The molecule has 2 aliphatic carbocycles. The van der Waals surface area contributed by atoms with E-state index in [0.717, 1.165) is 22.5 Å². The van der Waals surface area contributed by atoms with Crippen molar-refractivity contribution in [3.8, 4) is 17.5 Å². The number of aliphatic hydroxyl groups excluding tert-OH is 1. The fourth-order valence-electron chi connectivity index (χ4n) is 5.10. The third-order valence-electron chi connectivity index (χ3n) is 7.27. The van der Waals surface area contributed by atoms with Gasteiger partial charge in [-0.25, -0.2) is 13.9 Å². The van der Waals surface area contributed by atoms with Crippen molar-refractivity contribution in [2.24, 2.45) is 5.41 Å². The maximum Gasteiger partial charge on any atom is 0.339 e. The molecule has 2 N–H and O–H groups in total. The molecular weight excluding hydrogens is 447 g/mol. The van der Waals surface area contributed by atoms with Crippen molar-refractivity contribution in [3.63, 3.8) is 0 Å². The first kappa shape index (κ1) is 23.0. The molecule has 5 rings (SSSR count). The summed E-state index contributed by atoms with van der Waals surface area (Å²) in [6.07, 6.45) is 4.06. The maximum atomic E-state index is 13.4. The molecule has 6 nitrogen and oxygen atoms in total. The molecule has 0 radical (unpaired) electrons. The topological polar surface area (TPSA) is 84.6 Å². The van der Waals surface area contributed by atoms with Crippen LogP contribution < -0.4 is 0 Å². The molecule has 178 valence electrons. The molecule has 2 aromatic carbocycles. The lowest BCUT2D eigenvalue weighted by molar-refractivity contribution is -0.150. The fourth-order valence-corrected chi connectivity index (χ4v) is 5.10. The lowest BCUT2D eigenvalue weighted by atomic mass is 9.67. The molecule has 0 spiro atoms. The van der Waals surface area contributed by atoms with Crippen molar-refractivity contribution in [3.05, 3.63) is 88.5 Å². The highest BCUT2D eigenvalue weighted by Crippen LogP contribution is 2.55. The Hall–Kier alpha value is -3.73. The van der Waals surface area contributed by atoms with Crippen LogP contribution in [-0.2, 0) is 16.0 Å². The molecular formula is C28H25FN2O4. The zero-order chi connectivity index (χ0) is 24.8. The van der Waals surface area contributed by atoms with E-state index in [1.54, 1.807) is 47.3 Å². The van der Waals surface area contributed by atoms with Crippen LogP contribution in [0.1, 0.15) is 48.3 Å². The Kier molecular flexibility index (Phi) is 5.59. The monoisotopic (exact) mass is 472 g/mol. The smallest absolute Gasteiger partial charge is 0.339 e. The number of carbonyl (C=O) groups excluding carboxylic acids is 1. The molecule has 1 heterocycles. The molecule has 1 fully saturated rings. The minimum absolute atomic E-state index is 0.305. The fraction of sp³-hybridized carbons (Fsp3) is 0.286. The van der Waals surface area contributed by atoms with Crippen molar-refractivity contribution in [2.45, 2.75) is 37.9 Å². The largest absolute Gasteiger partial charge is 0.467 e. The van der Waals surface area contributed by atoms with Gasteiger partial charge >= 0.3 is 5.97 Å². The second-order valence-corrected chi connectivity index (χ2v) is 9.24. The number of rotatable bonds is 3.